The number of rotatable bonds is 5. The van der Waals surface area contributed by atoms with Gasteiger partial charge < -0.3 is 10.0 Å². The molecule has 0 bridgehead atoms. The number of aliphatic carboxylic acids is 1. The van der Waals surface area contributed by atoms with Gasteiger partial charge in [-0.05, 0) is 25.1 Å². The summed E-state index contributed by atoms with van der Waals surface area (Å²) < 4.78 is 13.5. The first-order chi connectivity index (χ1) is 8.45. The number of carboxylic acids is 1. The van der Waals surface area contributed by atoms with Crippen LogP contribution in [-0.4, -0.2) is 35.0 Å². The van der Waals surface area contributed by atoms with Gasteiger partial charge in [0.05, 0.1) is 12.0 Å². The third kappa shape index (κ3) is 3.70. The first-order valence-corrected chi connectivity index (χ1v) is 5.79. The van der Waals surface area contributed by atoms with Crippen LogP contribution in [0.25, 0.3) is 0 Å². The van der Waals surface area contributed by atoms with Crippen LogP contribution < -0.4 is 0 Å². The number of halogens is 2. The molecule has 0 heterocycles. The molecule has 1 rings (SSSR count). The average molecular weight is 274 g/mol. The fourth-order valence-electron chi connectivity index (χ4n) is 1.47. The van der Waals surface area contributed by atoms with Gasteiger partial charge in [-0.2, -0.15) is 0 Å². The molecule has 4 nitrogen and oxygen atoms in total. The number of carboxylic acid groups (broad SMARTS) is 1. The molecule has 0 radical (unpaired) electrons. The molecule has 0 atom stereocenters. The van der Waals surface area contributed by atoms with Gasteiger partial charge >= 0.3 is 5.97 Å². The molecule has 0 fully saturated rings. The first-order valence-electron chi connectivity index (χ1n) is 5.41. The highest BCUT2D eigenvalue weighted by molar-refractivity contribution is 6.30. The fourth-order valence-corrected chi connectivity index (χ4v) is 1.63. The summed E-state index contributed by atoms with van der Waals surface area (Å²) in [6.45, 7) is 2.06. The van der Waals surface area contributed by atoms with Gasteiger partial charge in [-0.3, -0.25) is 9.59 Å². The van der Waals surface area contributed by atoms with Crippen LogP contribution in [-0.2, 0) is 4.79 Å². The van der Waals surface area contributed by atoms with Crippen LogP contribution in [0.2, 0.25) is 5.02 Å². The van der Waals surface area contributed by atoms with E-state index < -0.39 is 17.7 Å². The van der Waals surface area contributed by atoms with E-state index in [1.807, 2.05) is 0 Å². The van der Waals surface area contributed by atoms with E-state index in [2.05, 4.69) is 0 Å². The first kappa shape index (κ1) is 14.4. The zero-order valence-corrected chi connectivity index (χ0v) is 10.6. The summed E-state index contributed by atoms with van der Waals surface area (Å²) in [5.41, 5.74) is -0.105. The smallest absolute Gasteiger partial charge is 0.305 e. The molecular formula is C12H13ClFNO3. The molecule has 18 heavy (non-hydrogen) atoms. The summed E-state index contributed by atoms with van der Waals surface area (Å²) >= 11 is 5.60. The molecule has 0 aliphatic rings. The average Bonchev–Trinajstić information content (AvgIpc) is 2.29. The van der Waals surface area contributed by atoms with Crippen molar-refractivity contribution in [2.24, 2.45) is 0 Å². The predicted octanol–water partition coefficient (Wildman–Crippen LogP) is 2.42. The van der Waals surface area contributed by atoms with Crippen molar-refractivity contribution in [3.05, 3.63) is 34.6 Å². The van der Waals surface area contributed by atoms with Gasteiger partial charge in [0.15, 0.2) is 0 Å². The molecule has 1 aromatic rings. The van der Waals surface area contributed by atoms with E-state index in [0.29, 0.717) is 6.54 Å². The van der Waals surface area contributed by atoms with Gasteiger partial charge in [0.25, 0.3) is 5.91 Å². The molecule has 0 aromatic heterocycles. The van der Waals surface area contributed by atoms with Crippen molar-refractivity contribution in [2.45, 2.75) is 13.3 Å². The summed E-state index contributed by atoms with van der Waals surface area (Å²) in [6.07, 6.45) is -0.172. The molecule has 1 N–H and O–H groups in total. The van der Waals surface area contributed by atoms with E-state index in [9.17, 15) is 14.0 Å². The third-order valence-corrected chi connectivity index (χ3v) is 2.66. The zero-order chi connectivity index (χ0) is 13.7. The Labute approximate surface area is 109 Å². The Hall–Kier alpha value is -1.62. The van der Waals surface area contributed by atoms with Gasteiger partial charge in [0.1, 0.15) is 5.82 Å². The largest absolute Gasteiger partial charge is 0.481 e. The van der Waals surface area contributed by atoms with Gasteiger partial charge in [-0.25, -0.2) is 4.39 Å². The van der Waals surface area contributed by atoms with Crippen LogP contribution in [0.1, 0.15) is 23.7 Å². The van der Waals surface area contributed by atoms with Crippen molar-refractivity contribution in [1.29, 1.82) is 0 Å². The van der Waals surface area contributed by atoms with Crippen molar-refractivity contribution in [1.82, 2.24) is 4.90 Å². The van der Waals surface area contributed by atoms with Gasteiger partial charge in [-0.15, -0.1) is 0 Å². The Bertz CT molecular complexity index is 465. The normalized spacial score (nSPS) is 10.2. The summed E-state index contributed by atoms with van der Waals surface area (Å²) in [6, 6.07) is 3.77. The van der Waals surface area contributed by atoms with Crippen LogP contribution >= 0.6 is 11.6 Å². The number of carbonyl (C=O) groups is 2. The maximum absolute atomic E-state index is 13.5. The second-order valence-electron chi connectivity index (χ2n) is 3.65. The summed E-state index contributed by atoms with van der Waals surface area (Å²) in [4.78, 5) is 23.7. The maximum atomic E-state index is 13.5. The lowest BCUT2D eigenvalue weighted by Gasteiger charge is -2.20. The highest BCUT2D eigenvalue weighted by Gasteiger charge is 2.18. The van der Waals surface area contributed by atoms with Crippen LogP contribution in [0.15, 0.2) is 18.2 Å². The SMILES string of the molecule is CCN(CCC(=O)O)C(=O)c1ccc(Cl)cc1F. The number of hydrogen-bond acceptors (Lipinski definition) is 2. The Kier molecular flexibility index (Phi) is 5.09. The molecule has 6 heteroatoms. The second kappa shape index (κ2) is 6.35. The highest BCUT2D eigenvalue weighted by Crippen LogP contribution is 2.16. The van der Waals surface area contributed by atoms with Crippen molar-refractivity contribution in [2.75, 3.05) is 13.1 Å². The van der Waals surface area contributed by atoms with Crippen LogP contribution in [0.5, 0.6) is 0 Å². The molecule has 0 unspecified atom stereocenters. The quantitative estimate of drug-likeness (QED) is 0.896. The molecule has 0 saturated heterocycles. The monoisotopic (exact) mass is 273 g/mol. The molecule has 1 aromatic carbocycles. The maximum Gasteiger partial charge on any atom is 0.305 e. The van der Waals surface area contributed by atoms with E-state index in [-0.39, 0.29) is 23.6 Å². The Balaban J connectivity index is 2.86. The molecule has 0 saturated carbocycles. The van der Waals surface area contributed by atoms with E-state index in [4.69, 9.17) is 16.7 Å². The fraction of sp³-hybridized carbons (Fsp3) is 0.333. The standard InChI is InChI=1S/C12H13ClFNO3/c1-2-15(6-5-11(16)17)12(18)9-4-3-8(13)7-10(9)14/h3-4,7H,2,5-6H2,1H3,(H,16,17). The van der Waals surface area contributed by atoms with E-state index in [1.54, 1.807) is 6.92 Å². The van der Waals surface area contributed by atoms with Crippen LogP contribution in [0.3, 0.4) is 0 Å². The minimum Gasteiger partial charge on any atom is -0.481 e. The predicted molar refractivity (Wildman–Crippen MR) is 65.2 cm³/mol. The van der Waals surface area contributed by atoms with Crippen molar-refractivity contribution in [3.63, 3.8) is 0 Å². The summed E-state index contributed by atoms with van der Waals surface area (Å²) in [5.74, 6) is -2.24. The van der Waals surface area contributed by atoms with Crippen molar-refractivity contribution in [3.8, 4) is 0 Å². The number of carbonyl (C=O) groups excluding carboxylic acids is 1. The van der Waals surface area contributed by atoms with Gasteiger partial charge in [0, 0.05) is 18.1 Å². The number of hydrogen-bond donors (Lipinski definition) is 1. The molecule has 98 valence electrons. The topological polar surface area (TPSA) is 57.6 Å². The Morgan fingerprint density at radius 3 is 2.61 bits per heavy atom. The Morgan fingerprint density at radius 1 is 1.44 bits per heavy atom. The minimum atomic E-state index is -1.00. The van der Waals surface area contributed by atoms with E-state index in [0.717, 1.165) is 6.07 Å². The summed E-state index contributed by atoms with van der Waals surface area (Å²) in [5, 5.41) is 8.78. The molecular weight excluding hydrogens is 261 g/mol. The van der Waals surface area contributed by atoms with E-state index in [1.165, 1.54) is 17.0 Å². The minimum absolute atomic E-state index is 0.0483. The molecule has 0 aliphatic heterocycles. The zero-order valence-electron chi connectivity index (χ0n) is 9.82. The summed E-state index contributed by atoms with van der Waals surface area (Å²) in [7, 11) is 0. The van der Waals surface area contributed by atoms with Crippen molar-refractivity contribution < 1.29 is 19.1 Å². The highest BCUT2D eigenvalue weighted by atomic mass is 35.5. The van der Waals surface area contributed by atoms with Crippen LogP contribution in [0, 0.1) is 5.82 Å². The van der Waals surface area contributed by atoms with E-state index >= 15 is 0 Å². The third-order valence-electron chi connectivity index (χ3n) is 2.43. The number of amides is 1. The lowest BCUT2D eigenvalue weighted by Crippen LogP contribution is -2.33. The number of benzene rings is 1. The molecule has 0 aliphatic carbocycles. The Morgan fingerprint density at radius 2 is 2.11 bits per heavy atom. The number of nitrogens with zero attached hydrogens (tertiary/aromatic N) is 1. The molecule has 1 amide bonds. The lowest BCUT2D eigenvalue weighted by molar-refractivity contribution is -0.137. The molecule has 0 spiro atoms. The lowest BCUT2D eigenvalue weighted by atomic mass is 10.2. The van der Waals surface area contributed by atoms with Gasteiger partial charge in [0.2, 0.25) is 0 Å². The second-order valence-corrected chi connectivity index (χ2v) is 4.09. The van der Waals surface area contributed by atoms with Crippen LogP contribution in [0.4, 0.5) is 4.39 Å². The van der Waals surface area contributed by atoms with Crippen molar-refractivity contribution >= 4 is 23.5 Å². The van der Waals surface area contributed by atoms with Gasteiger partial charge in [-0.1, -0.05) is 11.6 Å².